The lowest BCUT2D eigenvalue weighted by Gasteiger charge is -2.23. The molecule has 1 fully saturated rings. The number of unbranched alkanes of at least 4 members (excludes halogenated alkanes) is 5. The van der Waals surface area contributed by atoms with Crippen LogP contribution in [-0.2, 0) is 15.7 Å². The molecule has 0 saturated carbocycles. The molecule has 0 spiro atoms. The van der Waals surface area contributed by atoms with Crippen LogP contribution in [0.25, 0.3) is 0 Å². The molecule has 228 valence electrons. The average Bonchev–Trinajstić information content (AvgIpc) is 3.42. The summed E-state index contributed by atoms with van der Waals surface area (Å²) < 4.78 is 46.5. The van der Waals surface area contributed by atoms with Gasteiger partial charge in [0.2, 0.25) is 5.91 Å². The van der Waals surface area contributed by atoms with Gasteiger partial charge < -0.3 is 25.4 Å². The van der Waals surface area contributed by atoms with E-state index in [0.29, 0.717) is 18.7 Å². The molecule has 41 heavy (non-hydrogen) atoms. The molecule has 3 N–H and O–H groups in total. The van der Waals surface area contributed by atoms with Crippen molar-refractivity contribution in [3.05, 3.63) is 52.6 Å². The van der Waals surface area contributed by atoms with E-state index < -0.39 is 23.7 Å². The molecule has 1 saturated heterocycles. The van der Waals surface area contributed by atoms with Crippen LogP contribution in [0, 0.1) is 0 Å². The Morgan fingerprint density at radius 2 is 1.83 bits per heavy atom. The molecule has 1 aliphatic heterocycles. The lowest BCUT2D eigenvalue weighted by atomic mass is 10.1. The number of aliphatic hydroxyl groups excluding tert-OH is 1. The summed E-state index contributed by atoms with van der Waals surface area (Å²) in [5.74, 6) is 0.557. The molecule has 2 aromatic rings. The number of carbonyl (C=O) groups excluding carboxylic acids is 1. The van der Waals surface area contributed by atoms with E-state index in [2.05, 4.69) is 15.6 Å². The Balaban J connectivity index is 1.18. The number of ether oxygens (including phenoxy) is 1. The van der Waals surface area contributed by atoms with Crippen molar-refractivity contribution in [3.63, 3.8) is 0 Å². The van der Waals surface area contributed by atoms with Gasteiger partial charge in [0, 0.05) is 37.7 Å². The minimum atomic E-state index is -4.35. The van der Waals surface area contributed by atoms with Crippen molar-refractivity contribution < 1.29 is 27.8 Å². The Bertz CT molecular complexity index is 1150. The van der Waals surface area contributed by atoms with Crippen molar-refractivity contribution in [2.45, 2.75) is 69.2 Å². The first-order chi connectivity index (χ1) is 19.7. The molecule has 3 rings (SSSR count). The first-order valence-electron chi connectivity index (χ1n) is 14.0. The number of hydrogen-bond donors (Lipinski definition) is 3. The number of halogens is 3. The number of aromatic nitrogens is 2. The largest absolute Gasteiger partial charge is 0.418 e. The Labute approximate surface area is 242 Å². The number of aliphatic hydroxyl groups is 1. The maximum atomic E-state index is 13.2. The topological polar surface area (TPSA) is 109 Å². The highest BCUT2D eigenvalue weighted by molar-refractivity contribution is 8.00. The van der Waals surface area contributed by atoms with Gasteiger partial charge in [0.25, 0.3) is 0 Å². The van der Waals surface area contributed by atoms with Gasteiger partial charge in [0.1, 0.15) is 17.5 Å². The Morgan fingerprint density at radius 3 is 2.51 bits per heavy atom. The average molecular weight is 600 g/mol. The Hall–Kier alpha value is -2.61. The SMILES string of the molecule is CN(CCCCCCNCCCCCC(=O)Nc1ccn(C2CSC(CO)O2)c(=O)n1)c1ccccc1C(F)(F)F. The maximum absolute atomic E-state index is 13.2. The fourth-order valence-corrected chi connectivity index (χ4v) is 5.48. The predicted octanol–water partition coefficient (Wildman–Crippen LogP) is 4.63. The van der Waals surface area contributed by atoms with Gasteiger partial charge in [0.15, 0.2) is 0 Å². The predicted molar refractivity (Wildman–Crippen MR) is 155 cm³/mol. The number of nitrogens with zero attached hydrogens (tertiary/aromatic N) is 3. The van der Waals surface area contributed by atoms with Crippen LogP contribution in [0.3, 0.4) is 0 Å². The highest BCUT2D eigenvalue weighted by Crippen LogP contribution is 2.36. The number of rotatable bonds is 17. The van der Waals surface area contributed by atoms with Gasteiger partial charge in [-0.3, -0.25) is 9.36 Å². The highest BCUT2D eigenvalue weighted by atomic mass is 32.2. The maximum Gasteiger partial charge on any atom is 0.418 e. The van der Waals surface area contributed by atoms with Crippen molar-refractivity contribution in [1.29, 1.82) is 0 Å². The van der Waals surface area contributed by atoms with Crippen LogP contribution >= 0.6 is 11.8 Å². The molecular weight excluding hydrogens is 559 g/mol. The minimum Gasteiger partial charge on any atom is -0.393 e. The molecular formula is C28H40F3N5O4S. The zero-order chi connectivity index (χ0) is 29.7. The standard InChI is InChI=1S/C28H40F3N5O4S/c1-35(22-12-7-6-11-21(22)28(29,30)31)17-10-3-2-8-15-32-16-9-4-5-13-24(38)33-23-14-18-36(27(39)34-23)25-20-41-26(19-37)40-25/h6-7,11-12,14,18,25-26,32,37H,2-5,8-10,13,15-17,19-20H2,1H3,(H,33,34,38,39). The molecule has 0 radical (unpaired) electrons. The summed E-state index contributed by atoms with van der Waals surface area (Å²) >= 11 is 1.43. The first kappa shape index (κ1) is 32.9. The molecule has 1 amide bonds. The quantitative estimate of drug-likeness (QED) is 0.226. The van der Waals surface area contributed by atoms with Crippen molar-refractivity contribution in [3.8, 4) is 0 Å². The van der Waals surface area contributed by atoms with Crippen LogP contribution in [-0.4, -0.2) is 65.0 Å². The Kier molecular flexibility index (Phi) is 13.4. The van der Waals surface area contributed by atoms with Gasteiger partial charge in [0.05, 0.1) is 12.2 Å². The third-order valence-electron chi connectivity index (χ3n) is 6.77. The van der Waals surface area contributed by atoms with E-state index in [0.717, 1.165) is 64.1 Å². The van der Waals surface area contributed by atoms with Crippen molar-refractivity contribution in [2.75, 3.05) is 49.3 Å². The van der Waals surface area contributed by atoms with E-state index in [4.69, 9.17) is 9.84 Å². The summed E-state index contributed by atoms with van der Waals surface area (Å²) in [6.45, 7) is 2.20. The monoisotopic (exact) mass is 599 g/mol. The number of para-hydroxylation sites is 1. The normalized spacial score (nSPS) is 17.1. The van der Waals surface area contributed by atoms with E-state index >= 15 is 0 Å². The third kappa shape index (κ3) is 11.0. The zero-order valence-corrected chi connectivity index (χ0v) is 24.2. The van der Waals surface area contributed by atoms with Gasteiger partial charge in [-0.2, -0.15) is 18.2 Å². The lowest BCUT2D eigenvalue weighted by molar-refractivity contribution is -0.137. The molecule has 0 aliphatic carbocycles. The Morgan fingerprint density at radius 1 is 1.12 bits per heavy atom. The fourth-order valence-electron chi connectivity index (χ4n) is 4.55. The molecule has 1 aromatic heterocycles. The number of alkyl halides is 3. The summed E-state index contributed by atoms with van der Waals surface area (Å²) in [4.78, 5) is 30.1. The van der Waals surface area contributed by atoms with Crippen LogP contribution in [0.2, 0.25) is 0 Å². The van der Waals surface area contributed by atoms with E-state index in [1.165, 1.54) is 34.7 Å². The van der Waals surface area contributed by atoms with Gasteiger partial charge in [-0.15, -0.1) is 11.8 Å². The number of amides is 1. The molecule has 1 aromatic carbocycles. The third-order valence-corrected chi connectivity index (χ3v) is 7.88. The van der Waals surface area contributed by atoms with Crippen LogP contribution < -0.4 is 21.2 Å². The van der Waals surface area contributed by atoms with Gasteiger partial charge in [-0.1, -0.05) is 31.4 Å². The summed E-state index contributed by atoms with van der Waals surface area (Å²) in [6.07, 6.45) is 3.41. The number of thioether (sulfide) groups is 1. The van der Waals surface area contributed by atoms with Crippen molar-refractivity contribution in [1.82, 2.24) is 14.9 Å². The zero-order valence-electron chi connectivity index (χ0n) is 23.4. The molecule has 9 nitrogen and oxygen atoms in total. The molecule has 2 heterocycles. The number of nitrogens with one attached hydrogen (secondary N) is 2. The smallest absolute Gasteiger partial charge is 0.393 e. The van der Waals surface area contributed by atoms with E-state index in [9.17, 15) is 22.8 Å². The van der Waals surface area contributed by atoms with E-state index in [-0.39, 0.29) is 29.5 Å². The number of carbonyl (C=O) groups is 1. The molecule has 13 heteroatoms. The first-order valence-corrected chi connectivity index (χ1v) is 15.1. The second kappa shape index (κ2) is 16.7. The summed E-state index contributed by atoms with van der Waals surface area (Å²) in [7, 11) is 1.70. The van der Waals surface area contributed by atoms with E-state index in [1.54, 1.807) is 24.1 Å². The van der Waals surface area contributed by atoms with Crippen LogP contribution in [0.4, 0.5) is 24.7 Å². The van der Waals surface area contributed by atoms with Crippen LogP contribution in [0.1, 0.15) is 63.2 Å². The van der Waals surface area contributed by atoms with Crippen LogP contribution in [0.15, 0.2) is 41.3 Å². The second-order valence-electron chi connectivity index (χ2n) is 10.00. The summed E-state index contributed by atoms with van der Waals surface area (Å²) in [6, 6.07) is 7.24. The van der Waals surface area contributed by atoms with Crippen molar-refractivity contribution in [2.24, 2.45) is 0 Å². The van der Waals surface area contributed by atoms with Gasteiger partial charge >= 0.3 is 11.9 Å². The second-order valence-corrected chi connectivity index (χ2v) is 11.2. The van der Waals surface area contributed by atoms with Gasteiger partial charge in [-0.25, -0.2) is 4.79 Å². The number of anilines is 2. The number of hydrogen-bond acceptors (Lipinski definition) is 8. The lowest BCUT2D eigenvalue weighted by Crippen LogP contribution is -2.29. The van der Waals surface area contributed by atoms with Gasteiger partial charge in [-0.05, 0) is 57.0 Å². The van der Waals surface area contributed by atoms with E-state index in [1.807, 2.05) is 0 Å². The van der Waals surface area contributed by atoms with Crippen LogP contribution in [0.5, 0.6) is 0 Å². The summed E-state index contributed by atoms with van der Waals surface area (Å²) in [5, 5.41) is 15.2. The number of benzene rings is 1. The highest BCUT2D eigenvalue weighted by Gasteiger charge is 2.34. The minimum absolute atomic E-state index is 0.121. The molecule has 0 bridgehead atoms. The molecule has 2 unspecified atom stereocenters. The molecule has 2 atom stereocenters. The van der Waals surface area contributed by atoms with Crippen molar-refractivity contribution >= 4 is 29.2 Å². The fraction of sp³-hybridized carbons (Fsp3) is 0.607. The summed E-state index contributed by atoms with van der Waals surface area (Å²) in [5.41, 5.74) is -1.25. The molecule has 1 aliphatic rings.